The van der Waals surface area contributed by atoms with E-state index in [0.29, 0.717) is 10.8 Å². The van der Waals surface area contributed by atoms with E-state index in [-0.39, 0.29) is 0 Å². The molecule has 72 valence electrons. The summed E-state index contributed by atoms with van der Waals surface area (Å²) < 4.78 is 0. The molecule has 0 heterocycles. The van der Waals surface area contributed by atoms with Gasteiger partial charge in [0, 0.05) is 0 Å². The largest absolute Gasteiger partial charge is 0.330 e. The average molecular weight is 169 g/mol. The third-order valence-electron chi connectivity index (χ3n) is 4.57. The van der Waals surface area contributed by atoms with Crippen LogP contribution in [0.4, 0.5) is 0 Å². The Morgan fingerprint density at radius 3 is 2.25 bits per heavy atom. The van der Waals surface area contributed by atoms with Gasteiger partial charge in [-0.1, -0.05) is 34.1 Å². The predicted octanol–water partition coefficient (Wildman–Crippen LogP) is 2.80. The molecule has 1 aliphatic carbocycles. The SMILES string of the molecule is CCC1(C)CC(CCN)C1(C)C. The molecule has 0 aromatic carbocycles. The van der Waals surface area contributed by atoms with Gasteiger partial charge in [-0.25, -0.2) is 0 Å². The maximum absolute atomic E-state index is 5.59. The molecule has 2 N–H and O–H groups in total. The van der Waals surface area contributed by atoms with Crippen LogP contribution in [-0.2, 0) is 0 Å². The van der Waals surface area contributed by atoms with E-state index in [1.807, 2.05) is 0 Å². The van der Waals surface area contributed by atoms with Crippen LogP contribution in [0.15, 0.2) is 0 Å². The van der Waals surface area contributed by atoms with Gasteiger partial charge in [-0.3, -0.25) is 0 Å². The first-order valence-corrected chi connectivity index (χ1v) is 5.18. The van der Waals surface area contributed by atoms with Gasteiger partial charge in [-0.15, -0.1) is 0 Å². The van der Waals surface area contributed by atoms with Gasteiger partial charge in [-0.05, 0) is 36.1 Å². The van der Waals surface area contributed by atoms with Crippen LogP contribution in [0.25, 0.3) is 0 Å². The van der Waals surface area contributed by atoms with Crippen molar-refractivity contribution in [2.24, 2.45) is 22.5 Å². The Hall–Kier alpha value is -0.0400. The maximum Gasteiger partial charge on any atom is -0.00744 e. The van der Waals surface area contributed by atoms with Crippen molar-refractivity contribution in [3.8, 4) is 0 Å². The highest BCUT2D eigenvalue weighted by Crippen LogP contribution is 2.62. The van der Waals surface area contributed by atoms with Gasteiger partial charge < -0.3 is 5.73 Å². The molecule has 1 saturated carbocycles. The van der Waals surface area contributed by atoms with E-state index in [9.17, 15) is 0 Å². The lowest BCUT2D eigenvalue weighted by Gasteiger charge is -2.61. The van der Waals surface area contributed by atoms with Crippen molar-refractivity contribution in [2.75, 3.05) is 6.54 Å². The van der Waals surface area contributed by atoms with Crippen molar-refractivity contribution in [2.45, 2.75) is 47.0 Å². The Labute approximate surface area is 76.7 Å². The molecule has 0 aliphatic heterocycles. The zero-order valence-electron chi connectivity index (χ0n) is 8.98. The molecular formula is C11H23N. The number of hydrogen-bond acceptors (Lipinski definition) is 1. The monoisotopic (exact) mass is 169 g/mol. The summed E-state index contributed by atoms with van der Waals surface area (Å²) in [6.07, 6.45) is 3.90. The molecule has 0 aromatic heterocycles. The molecule has 0 radical (unpaired) electrons. The zero-order chi connectivity index (χ0) is 9.41. The molecule has 12 heavy (non-hydrogen) atoms. The van der Waals surface area contributed by atoms with E-state index in [2.05, 4.69) is 27.7 Å². The van der Waals surface area contributed by atoms with Crippen molar-refractivity contribution < 1.29 is 0 Å². The summed E-state index contributed by atoms with van der Waals surface area (Å²) in [4.78, 5) is 0. The van der Waals surface area contributed by atoms with Crippen molar-refractivity contribution in [1.82, 2.24) is 0 Å². The fraction of sp³-hybridized carbons (Fsp3) is 1.00. The highest BCUT2D eigenvalue weighted by atomic mass is 14.6. The Morgan fingerprint density at radius 2 is 1.92 bits per heavy atom. The Balaban J connectivity index is 2.59. The maximum atomic E-state index is 5.59. The Morgan fingerprint density at radius 1 is 1.33 bits per heavy atom. The molecule has 0 bridgehead atoms. The molecule has 0 spiro atoms. The summed E-state index contributed by atoms with van der Waals surface area (Å²) in [5.41, 5.74) is 6.68. The van der Waals surface area contributed by atoms with Crippen LogP contribution in [0.2, 0.25) is 0 Å². The van der Waals surface area contributed by atoms with E-state index < -0.39 is 0 Å². The molecule has 1 aliphatic rings. The second-order valence-corrected chi connectivity index (χ2v) is 5.11. The van der Waals surface area contributed by atoms with E-state index in [1.165, 1.54) is 19.3 Å². The number of nitrogens with two attached hydrogens (primary N) is 1. The summed E-state index contributed by atoms with van der Waals surface area (Å²) in [5.74, 6) is 0.868. The molecule has 2 unspecified atom stereocenters. The summed E-state index contributed by atoms with van der Waals surface area (Å²) in [6.45, 7) is 10.4. The summed E-state index contributed by atoms with van der Waals surface area (Å²) in [7, 11) is 0. The topological polar surface area (TPSA) is 26.0 Å². The van der Waals surface area contributed by atoms with Crippen molar-refractivity contribution >= 4 is 0 Å². The van der Waals surface area contributed by atoms with Gasteiger partial charge in [0.1, 0.15) is 0 Å². The van der Waals surface area contributed by atoms with Gasteiger partial charge in [-0.2, -0.15) is 0 Å². The average Bonchev–Trinajstić information content (AvgIpc) is 2.04. The van der Waals surface area contributed by atoms with E-state index >= 15 is 0 Å². The Bertz CT molecular complexity index is 162. The number of hydrogen-bond donors (Lipinski definition) is 1. The highest BCUT2D eigenvalue weighted by Gasteiger charge is 2.54. The fourth-order valence-corrected chi connectivity index (χ4v) is 2.69. The minimum absolute atomic E-state index is 0.515. The lowest BCUT2D eigenvalue weighted by atomic mass is 9.44. The number of rotatable bonds is 3. The molecule has 0 amide bonds. The van der Waals surface area contributed by atoms with Crippen LogP contribution in [0.5, 0.6) is 0 Å². The van der Waals surface area contributed by atoms with Crippen LogP contribution in [-0.4, -0.2) is 6.54 Å². The smallest absolute Gasteiger partial charge is 0.00744 e. The Kier molecular flexibility index (Phi) is 2.53. The van der Waals surface area contributed by atoms with E-state index in [0.717, 1.165) is 12.5 Å². The molecule has 1 nitrogen and oxygen atoms in total. The third kappa shape index (κ3) is 1.19. The van der Waals surface area contributed by atoms with Crippen LogP contribution in [0.3, 0.4) is 0 Å². The first-order valence-electron chi connectivity index (χ1n) is 5.18. The highest BCUT2D eigenvalue weighted by molar-refractivity contribution is 5.04. The third-order valence-corrected chi connectivity index (χ3v) is 4.57. The zero-order valence-corrected chi connectivity index (χ0v) is 8.98. The van der Waals surface area contributed by atoms with Crippen molar-refractivity contribution in [1.29, 1.82) is 0 Å². The van der Waals surface area contributed by atoms with E-state index in [1.54, 1.807) is 0 Å². The summed E-state index contributed by atoms with van der Waals surface area (Å²) in [5, 5.41) is 0. The van der Waals surface area contributed by atoms with Crippen molar-refractivity contribution in [3.05, 3.63) is 0 Å². The second-order valence-electron chi connectivity index (χ2n) is 5.11. The van der Waals surface area contributed by atoms with Crippen LogP contribution in [0.1, 0.15) is 47.0 Å². The van der Waals surface area contributed by atoms with E-state index in [4.69, 9.17) is 5.73 Å². The lowest BCUT2D eigenvalue weighted by Crippen LogP contribution is -2.53. The van der Waals surface area contributed by atoms with Crippen LogP contribution < -0.4 is 5.73 Å². The molecule has 0 saturated heterocycles. The predicted molar refractivity (Wildman–Crippen MR) is 54.0 cm³/mol. The van der Waals surface area contributed by atoms with Gasteiger partial charge in [0.2, 0.25) is 0 Å². The quantitative estimate of drug-likeness (QED) is 0.690. The minimum Gasteiger partial charge on any atom is -0.330 e. The molecule has 0 aromatic rings. The van der Waals surface area contributed by atoms with Crippen LogP contribution in [0, 0.1) is 16.7 Å². The summed E-state index contributed by atoms with van der Waals surface area (Å²) >= 11 is 0. The van der Waals surface area contributed by atoms with Crippen molar-refractivity contribution in [3.63, 3.8) is 0 Å². The summed E-state index contributed by atoms with van der Waals surface area (Å²) in [6, 6.07) is 0. The molecule has 1 fully saturated rings. The second kappa shape index (κ2) is 3.02. The molecule has 1 rings (SSSR count). The first-order chi connectivity index (χ1) is 5.48. The molecular weight excluding hydrogens is 146 g/mol. The van der Waals surface area contributed by atoms with Gasteiger partial charge in [0.15, 0.2) is 0 Å². The van der Waals surface area contributed by atoms with Gasteiger partial charge in [0.05, 0.1) is 0 Å². The minimum atomic E-state index is 0.515. The normalized spacial score (nSPS) is 39.2. The van der Waals surface area contributed by atoms with Gasteiger partial charge in [0.25, 0.3) is 0 Å². The molecule has 2 atom stereocenters. The lowest BCUT2D eigenvalue weighted by molar-refractivity contribution is -0.112. The fourth-order valence-electron chi connectivity index (χ4n) is 2.69. The molecule has 1 heteroatoms. The van der Waals surface area contributed by atoms with Crippen LogP contribution >= 0.6 is 0 Å². The first kappa shape index (κ1) is 10.0. The standard InChI is InChI=1S/C11H23N/c1-5-11(4)8-9(6-7-12)10(11,2)3/h9H,5-8,12H2,1-4H3. The van der Waals surface area contributed by atoms with Gasteiger partial charge >= 0.3 is 0 Å².